The molecule has 3 heterocycles. The van der Waals surface area contributed by atoms with Crippen LogP contribution >= 0.6 is 0 Å². The lowest BCUT2D eigenvalue weighted by atomic mass is 9.53. The first-order valence-corrected chi connectivity index (χ1v) is 13.9. The Balaban J connectivity index is 1.65. The van der Waals surface area contributed by atoms with Gasteiger partial charge in [-0.05, 0) is 84.1 Å². The first kappa shape index (κ1) is 28.2. The third-order valence-electron chi connectivity index (χ3n) is 8.31. The zero-order valence-electron chi connectivity index (χ0n) is 22.9. The molecule has 5 aromatic rings. The predicted octanol–water partition coefficient (Wildman–Crippen LogP) is 6.31. The molecule has 0 bridgehead atoms. The van der Waals surface area contributed by atoms with Crippen molar-refractivity contribution in [1.29, 1.82) is 0 Å². The molecule has 5 atom stereocenters. The normalized spacial score (nSPS) is 23.4. The third-order valence-corrected chi connectivity index (χ3v) is 8.31. The monoisotopic (exact) mass is 575 g/mol. The smallest absolute Gasteiger partial charge is 0.188 e. The lowest BCUT2D eigenvalue weighted by molar-refractivity contribution is -0.0722. The molecule has 0 radical (unpaired) electrons. The molecule has 0 aliphatic heterocycles. The minimum Gasteiger partial charge on any atom is -0.383 e. The van der Waals surface area contributed by atoms with E-state index in [0.717, 1.165) is 0 Å². The van der Waals surface area contributed by atoms with Crippen LogP contribution in [0.1, 0.15) is 56.1 Å². The Bertz CT molecular complexity index is 1720. The van der Waals surface area contributed by atoms with Crippen LogP contribution in [0.25, 0.3) is 0 Å². The molecule has 0 amide bonds. The van der Waals surface area contributed by atoms with Gasteiger partial charge in [0.25, 0.3) is 0 Å². The molecular formula is C35H27F2N3O3. The molecule has 0 saturated heterocycles. The van der Waals surface area contributed by atoms with Crippen LogP contribution in [0.15, 0.2) is 122 Å². The average Bonchev–Trinajstić information content (AvgIpc) is 3.05. The summed E-state index contributed by atoms with van der Waals surface area (Å²) in [6.45, 7) is 0. The van der Waals surface area contributed by atoms with Crippen molar-refractivity contribution in [1.82, 2.24) is 15.0 Å². The van der Waals surface area contributed by atoms with Crippen molar-refractivity contribution < 1.29 is 23.5 Å². The summed E-state index contributed by atoms with van der Waals surface area (Å²) in [5.74, 6) is -5.67. The summed E-state index contributed by atoms with van der Waals surface area (Å²) < 4.78 is 28.3. The molecular weight excluding hydrogens is 548 g/mol. The Morgan fingerprint density at radius 3 is 1.67 bits per heavy atom. The van der Waals surface area contributed by atoms with Crippen LogP contribution in [0, 0.1) is 23.5 Å². The third kappa shape index (κ3) is 5.37. The van der Waals surface area contributed by atoms with Crippen molar-refractivity contribution in [2.75, 3.05) is 0 Å². The fourth-order valence-corrected chi connectivity index (χ4v) is 6.42. The molecule has 3 aromatic heterocycles. The van der Waals surface area contributed by atoms with E-state index in [-0.39, 0.29) is 29.3 Å². The number of hydrogen-bond acceptors (Lipinski definition) is 6. The van der Waals surface area contributed by atoms with E-state index in [1.165, 1.54) is 55.0 Å². The largest absolute Gasteiger partial charge is 0.383 e. The van der Waals surface area contributed by atoms with Crippen molar-refractivity contribution in [2.24, 2.45) is 11.8 Å². The van der Waals surface area contributed by atoms with Gasteiger partial charge in [0.05, 0.1) is 11.6 Å². The highest BCUT2D eigenvalue weighted by Crippen LogP contribution is 2.58. The minimum atomic E-state index is -1.89. The van der Waals surface area contributed by atoms with Gasteiger partial charge in [0, 0.05) is 30.4 Å². The van der Waals surface area contributed by atoms with Gasteiger partial charge in [-0.25, -0.2) is 8.78 Å². The van der Waals surface area contributed by atoms with Gasteiger partial charge in [-0.2, -0.15) is 0 Å². The predicted molar refractivity (Wildman–Crippen MR) is 155 cm³/mol. The van der Waals surface area contributed by atoms with Gasteiger partial charge in [-0.3, -0.25) is 24.5 Å². The Morgan fingerprint density at radius 2 is 1.16 bits per heavy atom. The number of nitrogens with zero attached hydrogens (tertiary/aromatic N) is 3. The van der Waals surface area contributed by atoms with Crippen LogP contribution in [0.4, 0.5) is 8.78 Å². The highest BCUT2D eigenvalue weighted by atomic mass is 19.1. The maximum absolute atomic E-state index is 14.5. The first-order chi connectivity index (χ1) is 20.9. The number of rotatable bonds is 7. The molecule has 214 valence electrons. The second-order valence-corrected chi connectivity index (χ2v) is 10.7. The molecule has 8 heteroatoms. The Kier molecular flexibility index (Phi) is 7.69. The van der Waals surface area contributed by atoms with E-state index >= 15 is 0 Å². The maximum Gasteiger partial charge on any atom is 0.188 e. The lowest BCUT2D eigenvalue weighted by Gasteiger charge is -2.50. The minimum absolute atomic E-state index is 0.0835. The summed E-state index contributed by atoms with van der Waals surface area (Å²) in [6.07, 6.45) is 4.44. The second kappa shape index (κ2) is 11.7. The van der Waals surface area contributed by atoms with Gasteiger partial charge in [-0.15, -0.1) is 0 Å². The number of carbonyl (C=O) groups excluding carboxylic acids is 2. The van der Waals surface area contributed by atoms with Crippen LogP contribution in [0.3, 0.4) is 0 Å². The summed E-state index contributed by atoms with van der Waals surface area (Å²) in [4.78, 5) is 42.1. The van der Waals surface area contributed by atoms with Crippen LogP contribution in [-0.4, -0.2) is 31.6 Å². The first-order valence-electron chi connectivity index (χ1n) is 13.9. The standard InChI is InChI=1S/C35H27F2N3O3/c36-24-14-10-22(11-15-24)26-21-35(43,29-9-3-6-20-40-29)32(34(42)28-8-2-5-19-39-28)30(23-12-16-25(37)17-13-23)31(26)33(41)27-7-1-4-18-38-27/h1-20,26,30-32,43H,21H2/t26-,30+,31+,32+,35-/m0/s1. The number of aliphatic hydroxyl groups is 1. The topological polar surface area (TPSA) is 93.0 Å². The Morgan fingerprint density at radius 1 is 0.651 bits per heavy atom. The van der Waals surface area contributed by atoms with Gasteiger partial charge in [0.1, 0.15) is 28.6 Å². The highest BCUT2D eigenvalue weighted by molar-refractivity contribution is 6.01. The molecule has 0 spiro atoms. The SMILES string of the molecule is O=C(c1ccccn1)[C@H]1[C@@H](c2ccc(F)cc2)[C@H](C(=O)c2ccccn2)[C@@](O)(c2ccccn2)C[C@H]1c1ccc(F)cc1. The molecule has 0 unspecified atom stereocenters. The van der Waals surface area contributed by atoms with Crippen LogP contribution in [0.5, 0.6) is 0 Å². The van der Waals surface area contributed by atoms with E-state index in [2.05, 4.69) is 15.0 Å². The zero-order valence-corrected chi connectivity index (χ0v) is 22.9. The molecule has 1 aliphatic rings. The fourth-order valence-electron chi connectivity index (χ4n) is 6.42. The fraction of sp³-hybridized carbons (Fsp3) is 0.171. The number of aromatic nitrogens is 3. The van der Waals surface area contributed by atoms with Crippen LogP contribution in [-0.2, 0) is 5.60 Å². The highest BCUT2D eigenvalue weighted by Gasteiger charge is 2.59. The molecule has 2 aromatic carbocycles. The van der Waals surface area contributed by atoms with Gasteiger partial charge in [0.15, 0.2) is 11.6 Å². The summed E-state index contributed by atoms with van der Waals surface area (Å²) in [5.41, 5.74) is -0.286. The maximum atomic E-state index is 14.5. The number of pyridine rings is 3. The van der Waals surface area contributed by atoms with E-state index in [4.69, 9.17) is 0 Å². The number of halogens is 2. The molecule has 6 nitrogen and oxygen atoms in total. The molecule has 1 saturated carbocycles. The second-order valence-electron chi connectivity index (χ2n) is 10.7. The summed E-state index contributed by atoms with van der Waals surface area (Å²) >= 11 is 0. The van der Waals surface area contributed by atoms with E-state index < -0.39 is 46.7 Å². The van der Waals surface area contributed by atoms with Crippen molar-refractivity contribution >= 4 is 11.6 Å². The quantitative estimate of drug-likeness (QED) is 0.229. The van der Waals surface area contributed by atoms with E-state index in [0.29, 0.717) is 11.1 Å². The molecule has 43 heavy (non-hydrogen) atoms. The van der Waals surface area contributed by atoms with Crippen molar-refractivity contribution in [3.05, 3.63) is 162 Å². The number of carbonyl (C=O) groups is 2. The van der Waals surface area contributed by atoms with Crippen LogP contribution < -0.4 is 0 Å². The molecule has 6 rings (SSSR count). The number of Topliss-reactive ketones (excluding diaryl/α,β-unsaturated/α-hetero) is 2. The number of benzene rings is 2. The molecule has 1 N–H and O–H groups in total. The van der Waals surface area contributed by atoms with Crippen molar-refractivity contribution in [3.8, 4) is 0 Å². The summed E-state index contributed by atoms with van der Waals surface area (Å²) in [6, 6.07) is 26.3. The lowest BCUT2D eigenvalue weighted by Crippen LogP contribution is -2.54. The van der Waals surface area contributed by atoms with E-state index in [9.17, 15) is 23.5 Å². The van der Waals surface area contributed by atoms with Crippen molar-refractivity contribution in [3.63, 3.8) is 0 Å². The molecule has 1 fully saturated rings. The Hall–Kier alpha value is -4.95. The molecule has 1 aliphatic carbocycles. The van der Waals surface area contributed by atoms with Gasteiger partial charge in [-0.1, -0.05) is 42.5 Å². The number of hydrogen-bond donors (Lipinski definition) is 1. The van der Waals surface area contributed by atoms with Gasteiger partial charge in [0.2, 0.25) is 0 Å². The summed E-state index contributed by atoms with van der Waals surface area (Å²) in [7, 11) is 0. The zero-order chi connectivity index (χ0) is 30.0. The van der Waals surface area contributed by atoms with Gasteiger partial charge >= 0.3 is 0 Å². The van der Waals surface area contributed by atoms with E-state index in [1.54, 1.807) is 66.7 Å². The summed E-state index contributed by atoms with van der Waals surface area (Å²) in [5, 5.41) is 12.8. The van der Waals surface area contributed by atoms with Gasteiger partial charge < -0.3 is 5.11 Å². The number of ketones is 2. The van der Waals surface area contributed by atoms with E-state index in [1.807, 2.05) is 0 Å². The van der Waals surface area contributed by atoms with Crippen molar-refractivity contribution in [2.45, 2.75) is 23.9 Å². The average molecular weight is 576 g/mol. The Labute approximate surface area is 247 Å². The van der Waals surface area contributed by atoms with Crippen LogP contribution in [0.2, 0.25) is 0 Å².